The van der Waals surface area contributed by atoms with Crippen molar-refractivity contribution in [2.45, 2.75) is 18.9 Å². The van der Waals surface area contributed by atoms with Gasteiger partial charge in [-0.15, -0.1) is 0 Å². The number of rotatable bonds is 5. The number of likely N-dealkylation sites (tertiary alicyclic amines) is 1. The quantitative estimate of drug-likeness (QED) is 0.683. The Morgan fingerprint density at radius 3 is 2.55 bits per heavy atom. The van der Waals surface area contributed by atoms with Crippen molar-refractivity contribution in [3.05, 3.63) is 41.5 Å². The number of anilines is 1. The van der Waals surface area contributed by atoms with Crippen LogP contribution in [-0.2, 0) is 4.79 Å². The van der Waals surface area contributed by atoms with Crippen LogP contribution in [0.3, 0.4) is 0 Å². The van der Waals surface area contributed by atoms with Gasteiger partial charge in [0.25, 0.3) is 5.78 Å². The highest BCUT2D eigenvalue weighted by molar-refractivity contribution is 6.52. The standard InChI is InChI=1S/C23H24N2O6/c1-28-14-5-6-15(19(10-14)29-2)17-4-3-7-24(17)13-25-18-12-21-20(30-8-9-31-21)11-16(18)22(26)23(25)27/h5-6,10-12,17H,3-4,7-9,13H2,1-2H3. The van der Waals surface area contributed by atoms with Gasteiger partial charge < -0.3 is 18.9 Å². The van der Waals surface area contributed by atoms with Crippen molar-refractivity contribution in [1.29, 1.82) is 0 Å². The highest BCUT2D eigenvalue weighted by atomic mass is 16.6. The average molecular weight is 424 g/mol. The van der Waals surface area contributed by atoms with Gasteiger partial charge in [0.15, 0.2) is 11.5 Å². The number of carbonyl (C=O) groups is 2. The molecule has 3 aliphatic rings. The monoisotopic (exact) mass is 424 g/mol. The number of hydrogen-bond acceptors (Lipinski definition) is 7. The van der Waals surface area contributed by atoms with E-state index in [4.69, 9.17) is 18.9 Å². The van der Waals surface area contributed by atoms with Crippen LogP contribution in [0.4, 0.5) is 5.69 Å². The Morgan fingerprint density at radius 1 is 1.03 bits per heavy atom. The molecule has 5 rings (SSSR count). The van der Waals surface area contributed by atoms with E-state index >= 15 is 0 Å². The first-order chi connectivity index (χ1) is 15.1. The van der Waals surface area contributed by atoms with Crippen LogP contribution >= 0.6 is 0 Å². The predicted octanol–water partition coefficient (Wildman–Crippen LogP) is 2.80. The van der Waals surface area contributed by atoms with Gasteiger partial charge in [0.1, 0.15) is 24.7 Å². The molecule has 0 aromatic heterocycles. The molecular formula is C23H24N2O6. The van der Waals surface area contributed by atoms with Gasteiger partial charge in [0.2, 0.25) is 0 Å². The van der Waals surface area contributed by atoms with E-state index < -0.39 is 11.7 Å². The lowest BCUT2D eigenvalue weighted by Crippen LogP contribution is -2.40. The van der Waals surface area contributed by atoms with Crippen LogP contribution in [0.25, 0.3) is 0 Å². The highest BCUT2D eigenvalue weighted by Gasteiger charge is 2.40. The fourth-order valence-electron chi connectivity index (χ4n) is 4.59. The first-order valence-electron chi connectivity index (χ1n) is 10.4. The number of ether oxygens (including phenoxy) is 4. The van der Waals surface area contributed by atoms with Crippen molar-refractivity contribution in [2.24, 2.45) is 0 Å². The van der Waals surface area contributed by atoms with Gasteiger partial charge in [-0.1, -0.05) is 6.07 Å². The molecule has 0 saturated carbocycles. The SMILES string of the molecule is COc1ccc(C2CCCN2CN2C(=O)C(=O)c3cc4c(cc32)OCCO4)c(OC)c1. The van der Waals surface area contributed by atoms with E-state index in [0.29, 0.717) is 42.6 Å². The molecule has 1 fully saturated rings. The molecule has 162 valence electrons. The lowest BCUT2D eigenvalue weighted by molar-refractivity contribution is -0.114. The van der Waals surface area contributed by atoms with Crippen molar-refractivity contribution in [3.8, 4) is 23.0 Å². The van der Waals surface area contributed by atoms with Crippen LogP contribution in [0, 0.1) is 0 Å². The summed E-state index contributed by atoms with van der Waals surface area (Å²) in [5.41, 5.74) is 1.99. The largest absolute Gasteiger partial charge is 0.497 e. The molecule has 1 saturated heterocycles. The summed E-state index contributed by atoms with van der Waals surface area (Å²) in [6.07, 6.45) is 1.93. The highest BCUT2D eigenvalue weighted by Crippen LogP contribution is 2.43. The van der Waals surface area contributed by atoms with E-state index in [0.717, 1.165) is 36.4 Å². The minimum absolute atomic E-state index is 0.0741. The van der Waals surface area contributed by atoms with Gasteiger partial charge in [-0.05, 0) is 25.0 Å². The van der Waals surface area contributed by atoms with E-state index in [9.17, 15) is 9.59 Å². The number of methoxy groups -OCH3 is 2. The van der Waals surface area contributed by atoms with Gasteiger partial charge in [-0.3, -0.25) is 19.4 Å². The summed E-state index contributed by atoms with van der Waals surface area (Å²) in [4.78, 5) is 29.2. The Kier molecular flexibility index (Phi) is 4.94. The van der Waals surface area contributed by atoms with Gasteiger partial charge in [0.05, 0.1) is 32.1 Å². The lowest BCUT2D eigenvalue weighted by Gasteiger charge is -2.30. The van der Waals surface area contributed by atoms with E-state index in [1.165, 1.54) is 0 Å². The Balaban J connectivity index is 1.45. The summed E-state index contributed by atoms with van der Waals surface area (Å²) in [6, 6.07) is 9.23. The summed E-state index contributed by atoms with van der Waals surface area (Å²) in [5, 5.41) is 0. The lowest BCUT2D eigenvalue weighted by atomic mass is 10.0. The average Bonchev–Trinajstić information content (AvgIpc) is 3.36. The fourth-order valence-corrected chi connectivity index (χ4v) is 4.59. The van der Waals surface area contributed by atoms with Crippen LogP contribution in [-0.4, -0.2) is 57.2 Å². The van der Waals surface area contributed by atoms with E-state index in [-0.39, 0.29) is 6.04 Å². The van der Waals surface area contributed by atoms with E-state index in [1.54, 1.807) is 31.3 Å². The normalized spacial score (nSPS) is 20.2. The third kappa shape index (κ3) is 3.27. The molecule has 0 aliphatic carbocycles. The van der Waals surface area contributed by atoms with E-state index in [2.05, 4.69) is 4.90 Å². The number of hydrogen-bond donors (Lipinski definition) is 0. The Labute approximate surface area is 180 Å². The number of benzene rings is 2. The van der Waals surface area contributed by atoms with Crippen LogP contribution in [0.1, 0.15) is 34.8 Å². The minimum Gasteiger partial charge on any atom is -0.497 e. The summed E-state index contributed by atoms with van der Waals surface area (Å²) in [5.74, 6) is 1.52. The summed E-state index contributed by atoms with van der Waals surface area (Å²) < 4.78 is 22.2. The number of fused-ring (bicyclic) bond motifs is 2. The molecule has 0 N–H and O–H groups in total. The maximum atomic E-state index is 12.8. The first-order valence-corrected chi connectivity index (χ1v) is 10.4. The number of nitrogens with zero attached hydrogens (tertiary/aromatic N) is 2. The molecule has 0 radical (unpaired) electrons. The zero-order valence-corrected chi connectivity index (χ0v) is 17.6. The predicted molar refractivity (Wildman–Crippen MR) is 112 cm³/mol. The summed E-state index contributed by atoms with van der Waals surface area (Å²) >= 11 is 0. The second kappa shape index (κ2) is 7.77. The maximum absolute atomic E-state index is 12.8. The molecule has 0 spiro atoms. The molecule has 0 bridgehead atoms. The Morgan fingerprint density at radius 2 is 1.81 bits per heavy atom. The number of ketones is 1. The van der Waals surface area contributed by atoms with Crippen LogP contribution in [0.2, 0.25) is 0 Å². The Bertz CT molecular complexity index is 1050. The molecule has 8 nitrogen and oxygen atoms in total. The molecule has 8 heteroatoms. The minimum atomic E-state index is -0.523. The van der Waals surface area contributed by atoms with Gasteiger partial charge in [-0.2, -0.15) is 0 Å². The molecule has 1 unspecified atom stereocenters. The Hall–Kier alpha value is -3.26. The smallest absolute Gasteiger partial charge is 0.300 e. The second-order valence-corrected chi connectivity index (χ2v) is 7.80. The van der Waals surface area contributed by atoms with Gasteiger partial charge in [-0.25, -0.2) is 0 Å². The molecule has 3 heterocycles. The summed E-state index contributed by atoms with van der Waals surface area (Å²) in [6.45, 7) is 2.00. The van der Waals surface area contributed by atoms with Crippen molar-refractivity contribution in [1.82, 2.24) is 4.90 Å². The van der Waals surface area contributed by atoms with Crippen LogP contribution in [0.15, 0.2) is 30.3 Å². The molecule has 1 amide bonds. The molecule has 3 aliphatic heterocycles. The van der Waals surface area contributed by atoms with Crippen molar-refractivity contribution in [3.63, 3.8) is 0 Å². The first kappa shape index (κ1) is 19.7. The third-order valence-corrected chi connectivity index (χ3v) is 6.12. The van der Waals surface area contributed by atoms with Crippen LogP contribution in [0.5, 0.6) is 23.0 Å². The third-order valence-electron chi connectivity index (χ3n) is 6.12. The molecule has 1 atom stereocenters. The number of Topliss-reactive ketones (excluding diaryl/α,β-unsaturated/α-hetero) is 1. The zero-order valence-electron chi connectivity index (χ0n) is 17.6. The van der Waals surface area contributed by atoms with Crippen LogP contribution < -0.4 is 23.8 Å². The molecule has 2 aromatic rings. The van der Waals surface area contributed by atoms with Gasteiger partial charge >= 0.3 is 5.91 Å². The zero-order chi connectivity index (χ0) is 21.5. The molecule has 31 heavy (non-hydrogen) atoms. The van der Waals surface area contributed by atoms with E-state index in [1.807, 2.05) is 18.2 Å². The molecule has 2 aromatic carbocycles. The topological polar surface area (TPSA) is 77.5 Å². The maximum Gasteiger partial charge on any atom is 0.300 e. The number of carbonyl (C=O) groups excluding carboxylic acids is 2. The summed E-state index contributed by atoms with van der Waals surface area (Å²) in [7, 11) is 3.26. The van der Waals surface area contributed by atoms with Crippen molar-refractivity contribution in [2.75, 3.05) is 45.5 Å². The second-order valence-electron chi connectivity index (χ2n) is 7.80. The number of amides is 1. The fraction of sp³-hybridized carbons (Fsp3) is 0.391. The van der Waals surface area contributed by atoms with Crippen molar-refractivity contribution >= 4 is 17.4 Å². The van der Waals surface area contributed by atoms with Gasteiger partial charge in [0, 0.05) is 30.3 Å². The molecular weight excluding hydrogens is 400 g/mol. The van der Waals surface area contributed by atoms with Crippen molar-refractivity contribution < 1.29 is 28.5 Å².